The minimum absolute atomic E-state index is 0.554. The standard InChI is InChI=1S/C15H36N2O3Si/c1-5-8-9-10-11-12-13-14-21(18-6-2,19-7-3)20-15(4,16)17/h5-14,16-17H2,1-4H3. The summed E-state index contributed by atoms with van der Waals surface area (Å²) in [7, 11) is -2.76. The van der Waals surface area contributed by atoms with Gasteiger partial charge in [0, 0.05) is 19.3 Å². The lowest BCUT2D eigenvalue weighted by Gasteiger charge is -2.34. The van der Waals surface area contributed by atoms with Crippen molar-refractivity contribution < 1.29 is 13.3 Å². The fourth-order valence-electron chi connectivity index (χ4n) is 2.37. The highest BCUT2D eigenvalue weighted by atomic mass is 28.4. The summed E-state index contributed by atoms with van der Waals surface area (Å²) in [6.45, 7) is 8.87. The van der Waals surface area contributed by atoms with Crippen molar-refractivity contribution >= 4 is 8.80 Å². The van der Waals surface area contributed by atoms with Gasteiger partial charge in [-0.2, -0.15) is 0 Å². The fourth-order valence-corrected chi connectivity index (χ4v) is 5.19. The highest BCUT2D eigenvalue weighted by Crippen LogP contribution is 2.23. The van der Waals surface area contributed by atoms with Crippen LogP contribution >= 0.6 is 0 Å². The molecule has 0 bridgehead atoms. The summed E-state index contributed by atoms with van der Waals surface area (Å²) in [5, 5.41) is 0. The van der Waals surface area contributed by atoms with Crippen LogP contribution < -0.4 is 11.5 Å². The molecule has 0 saturated heterocycles. The Hall–Kier alpha value is 0.0169. The minimum atomic E-state index is -2.76. The third-order valence-corrected chi connectivity index (χ3v) is 6.36. The van der Waals surface area contributed by atoms with E-state index < -0.39 is 14.7 Å². The normalized spacial score (nSPS) is 12.9. The van der Waals surface area contributed by atoms with Gasteiger partial charge < -0.3 is 13.3 Å². The largest absolute Gasteiger partial charge is 0.503 e. The fraction of sp³-hybridized carbons (Fsp3) is 1.00. The molecule has 0 atom stereocenters. The molecule has 0 aliphatic carbocycles. The maximum Gasteiger partial charge on any atom is 0.503 e. The molecule has 0 radical (unpaired) electrons. The van der Waals surface area contributed by atoms with Crippen LogP contribution in [0.1, 0.15) is 72.6 Å². The van der Waals surface area contributed by atoms with Gasteiger partial charge in [0.1, 0.15) is 0 Å². The van der Waals surface area contributed by atoms with Crippen molar-refractivity contribution in [2.24, 2.45) is 11.5 Å². The molecule has 0 rings (SSSR count). The average molecular weight is 321 g/mol. The zero-order chi connectivity index (χ0) is 16.2. The Morgan fingerprint density at radius 2 is 1.29 bits per heavy atom. The molecule has 128 valence electrons. The molecule has 0 aromatic carbocycles. The van der Waals surface area contributed by atoms with Crippen LogP contribution in [0.15, 0.2) is 0 Å². The number of unbranched alkanes of at least 4 members (excludes halogenated alkanes) is 6. The molecule has 6 heteroatoms. The summed E-state index contributed by atoms with van der Waals surface area (Å²) in [4.78, 5) is 0. The first-order valence-electron chi connectivity index (χ1n) is 8.45. The van der Waals surface area contributed by atoms with Crippen LogP contribution in [0.2, 0.25) is 6.04 Å². The summed E-state index contributed by atoms with van der Waals surface area (Å²) < 4.78 is 17.5. The Bertz CT molecular complexity index is 242. The summed E-state index contributed by atoms with van der Waals surface area (Å²) >= 11 is 0. The second-order valence-electron chi connectivity index (χ2n) is 5.71. The highest BCUT2D eigenvalue weighted by Gasteiger charge is 2.44. The van der Waals surface area contributed by atoms with E-state index in [1.54, 1.807) is 6.92 Å². The Labute approximate surface area is 132 Å². The highest BCUT2D eigenvalue weighted by molar-refractivity contribution is 6.60. The van der Waals surface area contributed by atoms with Gasteiger partial charge in [-0.05, 0) is 27.2 Å². The number of hydrogen-bond donors (Lipinski definition) is 2. The van der Waals surface area contributed by atoms with Crippen molar-refractivity contribution in [2.75, 3.05) is 13.2 Å². The first-order chi connectivity index (χ1) is 9.89. The molecule has 0 heterocycles. The molecule has 4 N–H and O–H groups in total. The number of rotatable bonds is 14. The maximum atomic E-state index is 5.83. The van der Waals surface area contributed by atoms with E-state index in [4.69, 9.17) is 24.7 Å². The van der Waals surface area contributed by atoms with E-state index in [0.717, 1.165) is 12.5 Å². The van der Waals surface area contributed by atoms with Crippen LogP contribution in [0.4, 0.5) is 0 Å². The molecule has 0 aliphatic heterocycles. The van der Waals surface area contributed by atoms with Crippen molar-refractivity contribution in [2.45, 2.75) is 84.5 Å². The van der Waals surface area contributed by atoms with E-state index in [1.807, 2.05) is 13.8 Å². The molecule has 5 nitrogen and oxygen atoms in total. The van der Waals surface area contributed by atoms with Gasteiger partial charge in [-0.15, -0.1) is 0 Å². The van der Waals surface area contributed by atoms with Crippen LogP contribution in [0, 0.1) is 0 Å². The number of hydrogen-bond acceptors (Lipinski definition) is 5. The molecule has 21 heavy (non-hydrogen) atoms. The van der Waals surface area contributed by atoms with Crippen LogP contribution in [0.25, 0.3) is 0 Å². The summed E-state index contributed by atoms with van der Waals surface area (Å²) in [6.07, 6.45) is 8.71. The first-order valence-corrected chi connectivity index (χ1v) is 10.4. The van der Waals surface area contributed by atoms with Gasteiger partial charge in [-0.3, -0.25) is 11.5 Å². The minimum Gasteiger partial charge on any atom is -0.374 e. The molecule has 0 saturated carbocycles. The second kappa shape index (κ2) is 11.6. The molecule has 0 aliphatic rings. The van der Waals surface area contributed by atoms with Gasteiger partial charge in [0.15, 0.2) is 5.85 Å². The van der Waals surface area contributed by atoms with E-state index >= 15 is 0 Å². The lowest BCUT2D eigenvalue weighted by atomic mass is 10.1. The zero-order valence-corrected chi connectivity index (χ0v) is 15.5. The maximum absolute atomic E-state index is 5.83. The summed E-state index contributed by atoms with van der Waals surface area (Å²) in [5.74, 6) is -1.21. The molecule has 0 aromatic rings. The smallest absolute Gasteiger partial charge is 0.374 e. The Morgan fingerprint density at radius 3 is 1.71 bits per heavy atom. The third-order valence-electron chi connectivity index (χ3n) is 3.19. The second-order valence-corrected chi connectivity index (χ2v) is 8.35. The average Bonchev–Trinajstić information content (AvgIpc) is 2.36. The topological polar surface area (TPSA) is 79.7 Å². The van der Waals surface area contributed by atoms with Gasteiger partial charge in [0.25, 0.3) is 0 Å². The predicted molar refractivity (Wildman–Crippen MR) is 89.7 cm³/mol. The lowest BCUT2D eigenvalue weighted by molar-refractivity contribution is -0.0138. The zero-order valence-electron chi connectivity index (χ0n) is 14.5. The van der Waals surface area contributed by atoms with Crippen molar-refractivity contribution in [1.82, 2.24) is 0 Å². The molecule has 0 amide bonds. The molecular formula is C15H36N2O3Si. The predicted octanol–water partition coefficient (Wildman–Crippen LogP) is 3.36. The molecular weight excluding hydrogens is 284 g/mol. The molecule has 0 aromatic heterocycles. The van der Waals surface area contributed by atoms with Gasteiger partial charge >= 0.3 is 8.80 Å². The lowest BCUT2D eigenvalue weighted by Crippen LogP contribution is -2.60. The van der Waals surface area contributed by atoms with Gasteiger partial charge in [-0.1, -0.05) is 45.4 Å². The van der Waals surface area contributed by atoms with Crippen LogP contribution in [0.5, 0.6) is 0 Å². The van der Waals surface area contributed by atoms with E-state index in [2.05, 4.69) is 6.92 Å². The van der Waals surface area contributed by atoms with E-state index in [-0.39, 0.29) is 0 Å². The van der Waals surface area contributed by atoms with Crippen molar-refractivity contribution in [3.05, 3.63) is 0 Å². The molecule has 0 fully saturated rings. The van der Waals surface area contributed by atoms with Gasteiger partial charge in [0.2, 0.25) is 0 Å². The van der Waals surface area contributed by atoms with Crippen LogP contribution in [0.3, 0.4) is 0 Å². The van der Waals surface area contributed by atoms with E-state index in [9.17, 15) is 0 Å². The number of nitrogens with two attached hydrogens (primary N) is 2. The SMILES string of the molecule is CCCCCCCCC[Si](OCC)(OCC)OC(C)(N)N. The monoisotopic (exact) mass is 320 g/mol. The molecule has 0 unspecified atom stereocenters. The van der Waals surface area contributed by atoms with E-state index in [1.165, 1.54) is 38.5 Å². The Morgan fingerprint density at radius 1 is 0.810 bits per heavy atom. The van der Waals surface area contributed by atoms with Gasteiger partial charge in [0.05, 0.1) is 0 Å². The Balaban J connectivity index is 4.25. The van der Waals surface area contributed by atoms with Gasteiger partial charge in [-0.25, -0.2) is 0 Å². The van der Waals surface area contributed by atoms with E-state index in [0.29, 0.717) is 13.2 Å². The summed E-state index contributed by atoms with van der Waals surface area (Å²) in [6, 6.07) is 0.784. The third kappa shape index (κ3) is 11.3. The first kappa shape index (κ1) is 21.0. The van der Waals surface area contributed by atoms with Crippen molar-refractivity contribution in [3.63, 3.8) is 0 Å². The Kier molecular flexibility index (Phi) is 11.6. The van der Waals surface area contributed by atoms with Crippen molar-refractivity contribution in [1.29, 1.82) is 0 Å². The van der Waals surface area contributed by atoms with Crippen LogP contribution in [-0.2, 0) is 13.3 Å². The van der Waals surface area contributed by atoms with Crippen molar-refractivity contribution in [3.8, 4) is 0 Å². The summed E-state index contributed by atoms with van der Waals surface area (Å²) in [5.41, 5.74) is 11.6. The van der Waals surface area contributed by atoms with Crippen LogP contribution in [-0.4, -0.2) is 27.9 Å². The molecule has 0 spiro atoms. The quantitative estimate of drug-likeness (QED) is 0.291.